The first-order valence-electron chi connectivity index (χ1n) is 3.74. The molecule has 0 spiro atoms. The topological polar surface area (TPSA) is 0 Å². The second-order valence-corrected chi connectivity index (χ2v) is 4.90. The second-order valence-electron chi connectivity index (χ2n) is 3.18. The molecule has 1 fully saturated rings. The summed E-state index contributed by atoms with van der Waals surface area (Å²) in [7, 11) is 0. The molecular weight excluding hydrogens is 253 g/mol. The summed E-state index contributed by atoms with van der Waals surface area (Å²) in [5, 5.41) is 0.846. The molecule has 0 amide bonds. The van der Waals surface area contributed by atoms with Crippen LogP contribution in [0.15, 0.2) is 0 Å². The standard InChI is InChI=1S/C7H10BrF3S/c8-5-6(1-2-6)3-4-12-7(9,10)11/h1-5H2. The van der Waals surface area contributed by atoms with Crippen molar-refractivity contribution in [2.75, 3.05) is 11.1 Å². The highest BCUT2D eigenvalue weighted by Crippen LogP contribution is 2.51. The molecule has 0 aromatic heterocycles. The summed E-state index contributed by atoms with van der Waals surface area (Å²) >= 11 is 3.42. The van der Waals surface area contributed by atoms with Crippen molar-refractivity contribution in [3.63, 3.8) is 0 Å². The molecule has 72 valence electrons. The first kappa shape index (κ1) is 10.7. The van der Waals surface area contributed by atoms with Gasteiger partial charge in [0.25, 0.3) is 0 Å². The van der Waals surface area contributed by atoms with Crippen molar-refractivity contribution in [2.45, 2.75) is 24.8 Å². The zero-order valence-corrected chi connectivity index (χ0v) is 8.86. The smallest absolute Gasteiger partial charge is 0.160 e. The molecule has 0 aromatic rings. The molecule has 0 bridgehead atoms. The monoisotopic (exact) mass is 262 g/mol. The van der Waals surface area contributed by atoms with Gasteiger partial charge in [-0.05, 0) is 24.7 Å². The minimum atomic E-state index is -4.05. The van der Waals surface area contributed by atoms with Crippen molar-refractivity contribution in [2.24, 2.45) is 5.41 Å². The van der Waals surface area contributed by atoms with Crippen molar-refractivity contribution in [3.8, 4) is 0 Å². The quantitative estimate of drug-likeness (QED) is 0.695. The number of halogens is 4. The molecule has 0 N–H and O–H groups in total. The maximum absolute atomic E-state index is 11.7. The molecule has 0 heterocycles. The molecule has 0 aliphatic heterocycles. The van der Waals surface area contributed by atoms with E-state index in [4.69, 9.17) is 0 Å². The van der Waals surface area contributed by atoms with Gasteiger partial charge in [-0.15, -0.1) is 0 Å². The lowest BCUT2D eigenvalue weighted by Gasteiger charge is -2.11. The number of alkyl halides is 4. The van der Waals surface area contributed by atoms with Crippen LogP contribution in [0.4, 0.5) is 13.2 Å². The Kier molecular flexibility index (Phi) is 3.37. The molecule has 0 nitrogen and oxygen atoms in total. The predicted molar refractivity (Wildman–Crippen MR) is 48.6 cm³/mol. The molecule has 12 heavy (non-hydrogen) atoms. The van der Waals surface area contributed by atoms with Crippen molar-refractivity contribution < 1.29 is 13.2 Å². The molecule has 1 aliphatic carbocycles. The van der Waals surface area contributed by atoms with Gasteiger partial charge in [-0.2, -0.15) is 13.2 Å². The third kappa shape index (κ3) is 3.56. The van der Waals surface area contributed by atoms with Gasteiger partial charge in [0.15, 0.2) is 0 Å². The lowest BCUT2D eigenvalue weighted by atomic mass is 10.1. The van der Waals surface area contributed by atoms with E-state index in [1.807, 2.05) is 0 Å². The molecule has 0 unspecified atom stereocenters. The summed E-state index contributed by atoms with van der Waals surface area (Å²) in [6.07, 6.45) is 2.84. The van der Waals surface area contributed by atoms with Gasteiger partial charge in [0, 0.05) is 11.1 Å². The van der Waals surface area contributed by atoms with Crippen LogP contribution in [0.25, 0.3) is 0 Å². The first-order valence-corrected chi connectivity index (χ1v) is 5.85. The van der Waals surface area contributed by atoms with Crippen molar-refractivity contribution in [1.82, 2.24) is 0 Å². The molecule has 5 heteroatoms. The Hall–Kier alpha value is 0.620. The van der Waals surface area contributed by atoms with Crippen LogP contribution in [0, 0.1) is 5.41 Å². The Morgan fingerprint density at radius 3 is 2.25 bits per heavy atom. The number of hydrogen-bond donors (Lipinski definition) is 0. The van der Waals surface area contributed by atoms with Gasteiger partial charge < -0.3 is 0 Å². The maximum Gasteiger partial charge on any atom is 0.441 e. The van der Waals surface area contributed by atoms with Crippen LogP contribution >= 0.6 is 27.7 Å². The lowest BCUT2D eigenvalue weighted by molar-refractivity contribution is -0.0328. The highest BCUT2D eigenvalue weighted by molar-refractivity contribution is 9.09. The molecule has 0 radical (unpaired) electrons. The SMILES string of the molecule is FC(F)(F)SCCC1(CBr)CC1. The van der Waals surface area contributed by atoms with E-state index >= 15 is 0 Å². The van der Waals surface area contributed by atoms with E-state index in [0.29, 0.717) is 6.42 Å². The number of rotatable bonds is 4. The average molecular weight is 263 g/mol. The number of thioether (sulfide) groups is 1. The van der Waals surface area contributed by atoms with Crippen LogP contribution in [-0.2, 0) is 0 Å². The Balaban J connectivity index is 2.10. The van der Waals surface area contributed by atoms with E-state index in [0.717, 1.165) is 18.2 Å². The van der Waals surface area contributed by atoms with Gasteiger partial charge in [-0.1, -0.05) is 27.7 Å². The summed E-state index contributed by atoms with van der Waals surface area (Å²) < 4.78 is 35.1. The Morgan fingerprint density at radius 1 is 1.33 bits per heavy atom. The third-order valence-electron chi connectivity index (χ3n) is 2.14. The van der Waals surface area contributed by atoms with E-state index in [2.05, 4.69) is 15.9 Å². The molecule has 0 aromatic carbocycles. The molecular formula is C7H10BrF3S. The minimum absolute atomic E-state index is 0.0950. The van der Waals surface area contributed by atoms with Gasteiger partial charge in [-0.25, -0.2) is 0 Å². The Labute approximate surface area is 82.4 Å². The average Bonchev–Trinajstić information content (AvgIpc) is 2.67. The molecule has 1 saturated carbocycles. The Bertz CT molecular complexity index is 153. The fraction of sp³-hybridized carbons (Fsp3) is 1.00. The van der Waals surface area contributed by atoms with Crippen LogP contribution in [0.3, 0.4) is 0 Å². The van der Waals surface area contributed by atoms with E-state index in [9.17, 15) is 13.2 Å². The van der Waals surface area contributed by atoms with E-state index in [1.54, 1.807) is 0 Å². The zero-order valence-electron chi connectivity index (χ0n) is 6.46. The molecule has 0 atom stereocenters. The van der Waals surface area contributed by atoms with Crippen molar-refractivity contribution in [1.29, 1.82) is 0 Å². The minimum Gasteiger partial charge on any atom is -0.160 e. The maximum atomic E-state index is 11.7. The van der Waals surface area contributed by atoms with Crippen LogP contribution in [0.2, 0.25) is 0 Å². The van der Waals surface area contributed by atoms with Gasteiger partial charge >= 0.3 is 5.51 Å². The summed E-state index contributed by atoms with van der Waals surface area (Å²) in [5.74, 6) is 0.203. The molecule has 1 rings (SSSR count). The van der Waals surface area contributed by atoms with Crippen molar-refractivity contribution >= 4 is 27.7 Å². The normalized spacial score (nSPS) is 21.0. The fourth-order valence-electron chi connectivity index (χ4n) is 1.01. The largest absolute Gasteiger partial charge is 0.441 e. The molecule has 0 saturated heterocycles. The summed E-state index contributed by atoms with van der Waals surface area (Å²) in [6, 6.07) is 0. The fourth-order valence-corrected chi connectivity index (χ4v) is 2.62. The van der Waals surface area contributed by atoms with Gasteiger partial charge in [0.1, 0.15) is 0 Å². The van der Waals surface area contributed by atoms with Gasteiger partial charge in [0.05, 0.1) is 0 Å². The van der Waals surface area contributed by atoms with Gasteiger partial charge in [-0.3, -0.25) is 0 Å². The summed E-state index contributed by atoms with van der Waals surface area (Å²) in [5.41, 5.74) is -3.85. The third-order valence-corrected chi connectivity index (χ3v) is 4.06. The number of hydrogen-bond acceptors (Lipinski definition) is 1. The lowest BCUT2D eigenvalue weighted by Crippen LogP contribution is -2.07. The van der Waals surface area contributed by atoms with Crippen molar-refractivity contribution in [3.05, 3.63) is 0 Å². The Morgan fingerprint density at radius 2 is 1.92 bits per heavy atom. The van der Waals surface area contributed by atoms with Crippen LogP contribution < -0.4 is 0 Å². The predicted octanol–water partition coefficient (Wildman–Crippen LogP) is 3.80. The van der Waals surface area contributed by atoms with Gasteiger partial charge in [0.2, 0.25) is 0 Å². The summed E-state index contributed by atoms with van der Waals surface area (Å²) in [4.78, 5) is 0. The zero-order chi connectivity index (χ0) is 9.24. The van der Waals surface area contributed by atoms with E-state index < -0.39 is 5.51 Å². The highest BCUT2D eigenvalue weighted by atomic mass is 79.9. The van der Waals surface area contributed by atoms with E-state index in [-0.39, 0.29) is 22.9 Å². The van der Waals surface area contributed by atoms with E-state index in [1.165, 1.54) is 0 Å². The summed E-state index contributed by atoms with van der Waals surface area (Å²) in [6.45, 7) is 0. The van der Waals surface area contributed by atoms with Crippen LogP contribution in [0.1, 0.15) is 19.3 Å². The van der Waals surface area contributed by atoms with Crippen LogP contribution in [0.5, 0.6) is 0 Å². The highest BCUT2D eigenvalue weighted by Gasteiger charge is 2.41. The van der Waals surface area contributed by atoms with Crippen LogP contribution in [-0.4, -0.2) is 16.6 Å². The first-order chi connectivity index (χ1) is 5.47. The second kappa shape index (κ2) is 3.78. The molecule has 1 aliphatic rings.